The summed E-state index contributed by atoms with van der Waals surface area (Å²) in [5.74, 6) is -1.30. The number of hydrogen-bond donors (Lipinski definition) is 1. The van der Waals surface area contributed by atoms with Crippen LogP contribution in [0.3, 0.4) is 0 Å². The van der Waals surface area contributed by atoms with Crippen molar-refractivity contribution in [1.29, 1.82) is 0 Å². The molecule has 1 fully saturated rings. The highest BCUT2D eigenvalue weighted by atomic mass is 35.5. The molecule has 0 spiro atoms. The van der Waals surface area contributed by atoms with Crippen LogP contribution >= 0.6 is 34.5 Å². The Morgan fingerprint density at radius 1 is 1.22 bits per heavy atom. The molecule has 6 nitrogen and oxygen atoms in total. The lowest BCUT2D eigenvalue weighted by Gasteiger charge is -2.22. The second-order valence-corrected chi connectivity index (χ2v) is 7.77. The van der Waals surface area contributed by atoms with E-state index in [2.05, 4.69) is 5.32 Å². The predicted octanol–water partition coefficient (Wildman–Crippen LogP) is 3.84. The molecule has 2 aromatic rings. The van der Waals surface area contributed by atoms with Crippen LogP contribution in [0.2, 0.25) is 10.0 Å². The molecule has 0 radical (unpaired) electrons. The van der Waals surface area contributed by atoms with Crippen LogP contribution in [0.4, 0.5) is 5.69 Å². The molecule has 1 saturated heterocycles. The third-order valence-electron chi connectivity index (χ3n) is 4.01. The number of halogens is 2. The fraction of sp³-hybridized carbons (Fsp3) is 0.278. The Balaban J connectivity index is 1.55. The maximum atomic E-state index is 12.5. The van der Waals surface area contributed by atoms with E-state index >= 15 is 0 Å². The van der Waals surface area contributed by atoms with E-state index in [0.717, 1.165) is 0 Å². The molecule has 0 bridgehead atoms. The van der Waals surface area contributed by atoms with Crippen molar-refractivity contribution in [3.05, 3.63) is 50.6 Å². The van der Waals surface area contributed by atoms with Gasteiger partial charge in [-0.15, -0.1) is 11.3 Å². The third-order valence-corrected chi connectivity index (χ3v) is 5.30. The second kappa shape index (κ2) is 8.73. The van der Waals surface area contributed by atoms with Gasteiger partial charge >= 0.3 is 5.97 Å². The van der Waals surface area contributed by atoms with E-state index in [1.807, 2.05) is 5.38 Å². The van der Waals surface area contributed by atoms with E-state index in [9.17, 15) is 14.4 Å². The van der Waals surface area contributed by atoms with Crippen LogP contribution < -0.4 is 5.32 Å². The largest absolute Gasteiger partial charge is 0.454 e. The molecule has 3 rings (SSSR count). The summed E-state index contributed by atoms with van der Waals surface area (Å²) >= 11 is 13.1. The number of likely N-dealkylation sites (tertiary alicyclic amines) is 1. The first kappa shape index (κ1) is 19.7. The molecule has 27 heavy (non-hydrogen) atoms. The van der Waals surface area contributed by atoms with Crippen molar-refractivity contribution in [2.45, 2.75) is 18.9 Å². The smallest absolute Gasteiger partial charge is 0.329 e. The molecule has 0 aliphatic carbocycles. The fourth-order valence-electron chi connectivity index (χ4n) is 2.85. The summed E-state index contributed by atoms with van der Waals surface area (Å²) in [6.45, 7) is 0.0320. The zero-order valence-electron chi connectivity index (χ0n) is 14.1. The first-order valence-corrected chi connectivity index (χ1v) is 9.84. The first-order chi connectivity index (χ1) is 12.9. The molecule has 1 unspecified atom stereocenters. The van der Waals surface area contributed by atoms with Crippen molar-refractivity contribution in [1.82, 2.24) is 4.90 Å². The van der Waals surface area contributed by atoms with Gasteiger partial charge in [0.2, 0.25) is 0 Å². The summed E-state index contributed by atoms with van der Waals surface area (Å²) in [4.78, 5) is 38.9. The van der Waals surface area contributed by atoms with Crippen LogP contribution in [0, 0.1) is 0 Å². The molecule has 1 N–H and O–H groups in total. The van der Waals surface area contributed by atoms with Gasteiger partial charge < -0.3 is 15.0 Å². The molecule has 1 aromatic heterocycles. The zero-order chi connectivity index (χ0) is 19.4. The normalized spacial score (nSPS) is 16.2. The first-order valence-electron chi connectivity index (χ1n) is 8.21. The van der Waals surface area contributed by atoms with Crippen molar-refractivity contribution < 1.29 is 19.1 Å². The number of nitrogens with one attached hydrogen (secondary N) is 1. The molecule has 1 aromatic carbocycles. The summed E-state index contributed by atoms with van der Waals surface area (Å²) in [6, 6.07) is 7.44. The topological polar surface area (TPSA) is 75.7 Å². The average Bonchev–Trinajstić information content (AvgIpc) is 3.29. The number of anilines is 1. The minimum atomic E-state index is -0.673. The minimum Gasteiger partial charge on any atom is -0.454 e. The van der Waals surface area contributed by atoms with Gasteiger partial charge in [-0.2, -0.15) is 0 Å². The van der Waals surface area contributed by atoms with E-state index in [1.54, 1.807) is 12.1 Å². The number of esters is 1. The van der Waals surface area contributed by atoms with Crippen LogP contribution in [0.25, 0.3) is 0 Å². The Labute approximate surface area is 170 Å². The van der Waals surface area contributed by atoms with Gasteiger partial charge in [0.1, 0.15) is 6.04 Å². The van der Waals surface area contributed by atoms with E-state index in [1.165, 1.54) is 34.4 Å². The van der Waals surface area contributed by atoms with Crippen LogP contribution in [0.15, 0.2) is 35.7 Å². The number of hydrogen-bond acceptors (Lipinski definition) is 5. The lowest BCUT2D eigenvalue weighted by atomic mass is 10.2. The van der Waals surface area contributed by atoms with Crippen molar-refractivity contribution >= 4 is 58.0 Å². The van der Waals surface area contributed by atoms with E-state index in [0.29, 0.717) is 40.0 Å². The van der Waals surface area contributed by atoms with E-state index < -0.39 is 24.5 Å². The SMILES string of the molecule is O=C(COC(=O)C1CCCN1C(=O)c1cccs1)Nc1cc(Cl)cc(Cl)c1. The number of thiophene rings is 1. The quantitative estimate of drug-likeness (QED) is 0.736. The zero-order valence-corrected chi connectivity index (χ0v) is 16.4. The van der Waals surface area contributed by atoms with Crippen molar-refractivity contribution in [2.75, 3.05) is 18.5 Å². The Bertz CT molecular complexity index is 837. The Morgan fingerprint density at radius 3 is 2.63 bits per heavy atom. The fourth-order valence-corrected chi connectivity index (χ4v) is 4.06. The molecule has 9 heteroatoms. The van der Waals surface area contributed by atoms with E-state index in [4.69, 9.17) is 27.9 Å². The lowest BCUT2D eigenvalue weighted by Crippen LogP contribution is -2.41. The van der Waals surface area contributed by atoms with Gasteiger partial charge in [-0.05, 0) is 42.5 Å². The Kier molecular flexibility index (Phi) is 6.36. The summed E-state index contributed by atoms with van der Waals surface area (Å²) in [7, 11) is 0. The molecular formula is C18H16Cl2N2O4S. The van der Waals surface area contributed by atoms with Gasteiger partial charge in [0.25, 0.3) is 11.8 Å². The highest BCUT2D eigenvalue weighted by Gasteiger charge is 2.36. The van der Waals surface area contributed by atoms with Gasteiger partial charge in [0.15, 0.2) is 6.61 Å². The summed E-state index contributed by atoms with van der Waals surface area (Å²) < 4.78 is 5.11. The summed E-state index contributed by atoms with van der Waals surface area (Å²) in [5, 5.41) is 5.13. The van der Waals surface area contributed by atoms with Crippen LogP contribution in [-0.4, -0.2) is 41.9 Å². The second-order valence-electron chi connectivity index (χ2n) is 5.95. The molecule has 1 aliphatic rings. The molecule has 0 saturated carbocycles. The van der Waals surface area contributed by atoms with Gasteiger partial charge in [0, 0.05) is 22.3 Å². The van der Waals surface area contributed by atoms with Crippen LogP contribution in [0.5, 0.6) is 0 Å². The average molecular weight is 427 g/mol. The molecule has 2 amide bonds. The highest BCUT2D eigenvalue weighted by molar-refractivity contribution is 7.12. The van der Waals surface area contributed by atoms with Crippen LogP contribution in [-0.2, 0) is 14.3 Å². The molecular weight excluding hydrogens is 411 g/mol. The Morgan fingerprint density at radius 2 is 1.96 bits per heavy atom. The third kappa shape index (κ3) is 5.00. The monoisotopic (exact) mass is 426 g/mol. The van der Waals surface area contributed by atoms with Gasteiger partial charge in [-0.3, -0.25) is 9.59 Å². The molecule has 1 atom stereocenters. The number of carbonyl (C=O) groups is 3. The maximum Gasteiger partial charge on any atom is 0.329 e. The van der Waals surface area contributed by atoms with Gasteiger partial charge in [0.05, 0.1) is 4.88 Å². The molecule has 2 heterocycles. The van der Waals surface area contributed by atoms with Crippen molar-refractivity contribution in [3.63, 3.8) is 0 Å². The number of carbonyl (C=O) groups excluding carboxylic acids is 3. The number of nitrogens with zero attached hydrogens (tertiary/aromatic N) is 1. The lowest BCUT2D eigenvalue weighted by molar-refractivity contribution is -0.151. The minimum absolute atomic E-state index is 0.192. The maximum absolute atomic E-state index is 12.5. The van der Waals surface area contributed by atoms with E-state index in [-0.39, 0.29) is 5.91 Å². The van der Waals surface area contributed by atoms with Crippen molar-refractivity contribution in [3.8, 4) is 0 Å². The summed E-state index contributed by atoms with van der Waals surface area (Å²) in [5.41, 5.74) is 0.406. The predicted molar refractivity (Wildman–Crippen MR) is 104 cm³/mol. The summed E-state index contributed by atoms with van der Waals surface area (Å²) in [6.07, 6.45) is 1.23. The molecule has 1 aliphatic heterocycles. The van der Waals surface area contributed by atoms with Gasteiger partial charge in [-0.25, -0.2) is 4.79 Å². The van der Waals surface area contributed by atoms with Crippen LogP contribution in [0.1, 0.15) is 22.5 Å². The number of ether oxygens (including phenoxy) is 1. The number of benzene rings is 1. The Hall–Kier alpha value is -2.09. The van der Waals surface area contributed by atoms with Crippen molar-refractivity contribution in [2.24, 2.45) is 0 Å². The standard InChI is InChI=1S/C18H16Cl2N2O4S/c19-11-7-12(20)9-13(8-11)21-16(23)10-26-18(25)14-3-1-5-22(14)17(24)15-4-2-6-27-15/h2,4,6-9,14H,1,3,5,10H2,(H,21,23). The highest BCUT2D eigenvalue weighted by Crippen LogP contribution is 2.24. The molecule has 142 valence electrons. The van der Waals surface area contributed by atoms with Gasteiger partial charge in [-0.1, -0.05) is 29.3 Å². The number of amides is 2. The number of rotatable bonds is 5.